The summed E-state index contributed by atoms with van der Waals surface area (Å²) in [6.45, 7) is 6.00. The normalized spacial score (nSPS) is 10.9. The molecular formula is C5H11NO2S. The summed E-state index contributed by atoms with van der Waals surface area (Å²) in [6.07, 6.45) is 0. The lowest BCUT2D eigenvalue weighted by atomic mass is 10.4. The average molecular weight is 149 g/mol. The van der Waals surface area contributed by atoms with E-state index in [1.807, 2.05) is 0 Å². The van der Waals surface area contributed by atoms with Crippen molar-refractivity contribution in [1.82, 2.24) is 0 Å². The van der Waals surface area contributed by atoms with E-state index in [4.69, 9.17) is 10.8 Å². The Labute approximate surface area is 60.0 Å². The minimum atomic E-state index is -1.00. The zero-order chi connectivity index (χ0) is 7.86. The second-order valence-corrected chi connectivity index (χ2v) is 1.49. The average Bonchev–Trinajstić information content (AvgIpc) is 1.91. The number of carboxylic acids is 1. The highest BCUT2D eigenvalue weighted by atomic mass is 32.1. The molecule has 0 aromatic carbocycles. The van der Waals surface area contributed by atoms with Crippen LogP contribution in [-0.2, 0) is 4.79 Å². The van der Waals surface area contributed by atoms with Gasteiger partial charge in [-0.1, -0.05) is 0 Å². The van der Waals surface area contributed by atoms with Gasteiger partial charge in [-0.2, -0.15) is 12.6 Å². The summed E-state index contributed by atoms with van der Waals surface area (Å²) in [7, 11) is 0. The third kappa shape index (κ3) is 7.52. The van der Waals surface area contributed by atoms with Crippen LogP contribution in [0, 0.1) is 0 Å². The molecule has 0 aromatic heterocycles. The highest BCUT2D eigenvalue weighted by molar-refractivity contribution is 7.80. The minimum absolute atomic E-state index is 0.190. The van der Waals surface area contributed by atoms with Crippen LogP contribution < -0.4 is 5.73 Å². The van der Waals surface area contributed by atoms with E-state index >= 15 is 0 Å². The van der Waals surface area contributed by atoms with E-state index in [-0.39, 0.29) is 5.75 Å². The molecule has 0 saturated carbocycles. The third-order valence-corrected chi connectivity index (χ3v) is 0.907. The van der Waals surface area contributed by atoms with Crippen LogP contribution in [0.4, 0.5) is 0 Å². The predicted octanol–water partition coefficient (Wildman–Crippen LogP) is 0.130. The fourth-order valence-electron chi connectivity index (χ4n) is 0.0781. The highest BCUT2D eigenvalue weighted by Crippen LogP contribution is 1.80. The van der Waals surface area contributed by atoms with Gasteiger partial charge >= 0.3 is 5.97 Å². The van der Waals surface area contributed by atoms with Crippen molar-refractivity contribution in [3.63, 3.8) is 0 Å². The molecule has 0 heterocycles. The van der Waals surface area contributed by atoms with Crippen LogP contribution in [0.15, 0.2) is 13.2 Å². The molecule has 0 aliphatic heterocycles. The van der Waals surface area contributed by atoms with E-state index in [9.17, 15) is 4.79 Å². The molecule has 0 spiro atoms. The van der Waals surface area contributed by atoms with E-state index in [1.54, 1.807) is 0 Å². The molecule has 9 heavy (non-hydrogen) atoms. The lowest BCUT2D eigenvalue weighted by Crippen LogP contribution is -2.31. The van der Waals surface area contributed by atoms with Gasteiger partial charge in [0.05, 0.1) is 0 Å². The van der Waals surface area contributed by atoms with Gasteiger partial charge in [0.1, 0.15) is 6.04 Å². The molecule has 0 radical (unpaired) electrons. The Morgan fingerprint density at radius 2 is 2.11 bits per heavy atom. The van der Waals surface area contributed by atoms with Gasteiger partial charge in [-0.3, -0.25) is 4.79 Å². The summed E-state index contributed by atoms with van der Waals surface area (Å²) in [5.74, 6) is -0.815. The van der Waals surface area contributed by atoms with E-state index in [0.717, 1.165) is 0 Å². The molecule has 0 aromatic rings. The van der Waals surface area contributed by atoms with Gasteiger partial charge in [0.15, 0.2) is 0 Å². The van der Waals surface area contributed by atoms with Crippen molar-refractivity contribution >= 4 is 18.6 Å². The first kappa shape index (κ1) is 11.3. The number of aliphatic carboxylic acids is 1. The molecule has 4 heteroatoms. The Balaban J connectivity index is 0. The third-order valence-electron chi connectivity index (χ3n) is 0.514. The number of rotatable bonds is 2. The number of carboxylic acid groups (broad SMARTS) is 1. The van der Waals surface area contributed by atoms with Crippen LogP contribution in [0.2, 0.25) is 0 Å². The Morgan fingerprint density at radius 1 is 1.78 bits per heavy atom. The first-order chi connectivity index (χ1) is 4.18. The van der Waals surface area contributed by atoms with E-state index in [2.05, 4.69) is 25.8 Å². The standard InChI is InChI=1S/C3H7NO2S.C2H4/c4-2(1-7)3(5)6;1-2/h2,7H,1,4H2,(H,5,6);1-2H2. The van der Waals surface area contributed by atoms with Crippen LogP contribution in [0.25, 0.3) is 0 Å². The minimum Gasteiger partial charge on any atom is -0.480 e. The summed E-state index contributed by atoms with van der Waals surface area (Å²) < 4.78 is 0. The Bertz CT molecular complexity index is 87.0. The highest BCUT2D eigenvalue weighted by Gasteiger charge is 2.06. The van der Waals surface area contributed by atoms with Crippen molar-refractivity contribution in [2.75, 3.05) is 5.75 Å². The molecule has 0 rings (SSSR count). The maximum Gasteiger partial charge on any atom is 0.321 e. The van der Waals surface area contributed by atoms with Crippen LogP contribution in [0.1, 0.15) is 0 Å². The zero-order valence-corrected chi connectivity index (χ0v) is 5.97. The lowest BCUT2D eigenvalue weighted by Gasteiger charge is -1.96. The number of nitrogens with two attached hydrogens (primary N) is 1. The molecule has 0 saturated heterocycles. The fraction of sp³-hybridized carbons (Fsp3) is 0.400. The number of carbonyl (C=O) groups is 1. The van der Waals surface area contributed by atoms with Crippen LogP contribution >= 0.6 is 12.6 Å². The molecule has 0 aliphatic rings. The summed E-state index contributed by atoms with van der Waals surface area (Å²) >= 11 is 3.65. The number of hydrogen-bond acceptors (Lipinski definition) is 3. The Kier molecular flexibility index (Phi) is 9.47. The molecule has 1 atom stereocenters. The molecule has 0 bridgehead atoms. The van der Waals surface area contributed by atoms with Gasteiger partial charge in [-0.15, -0.1) is 13.2 Å². The fourth-order valence-corrected chi connectivity index (χ4v) is 0.234. The zero-order valence-electron chi connectivity index (χ0n) is 5.08. The van der Waals surface area contributed by atoms with Crippen molar-refractivity contribution in [2.24, 2.45) is 5.73 Å². The van der Waals surface area contributed by atoms with Crippen molar-refractivity contribution in [3.05, 3.63) is 13.2 Å². The van der Waals surface area contributed by atoms with Crippen molar-refractivity contribution in [1.29, 1.82) is 0 Å². The maximum absolute atomic E-state index is 9.76. The van der Waals surface area contributed by atoms with Gasteiger partial charge in [0.2, 0.25) is 0 Å². The van der Waals surface area contributed by atoms with E-state index in [1.165, 1.54) is 0 Å². The quantitative estimate of drug-likeness (QED) is 0.386. The van der Waals surface area contributed by atoms with Crippen molar-refractivity contribution < 1.29 is 9.90 Å². The Morgan fingerprint density at radius 3 is 2.11 bits per heavy atom. The molecule has 0 aliphatic carbocycles. The van der Waals surface area contributed by atoms with Gasteiger partial charge in [0.25, 0.3) is 0 Å². The van der Waals surface area contributed by atoms with Gasteiger partial charge in [-0.25, -0.2) is 0 Å². The topological polar surface area (TPSA) is 63.3 Å². The summed E-state index contributed by atoms with van der Waals surface area (Å²) in [4.78, 5) is 9.76. The number of hydrogen-bond donors (Lipinski definition) is 3. The smallest absolute Gasteiger partial charge is 0.321 e. The molecule has 1 unspecified atom stereocenters. The molecular weight excluding hydrogens is 138 g/mol. The second-order valence-electron chi connectivity index (χ2n) is 1.13. The summed E-state index contributed by atoms with van der Waals surface area (Å²) in [6, 6.07) is -0.816. The molecule has 3 nitrogen and oxygen atoms in total. The van der Waals surface area contributed by atoms with E-state index in [0.29, 0.717) is 0 Å². The van der Waals surface area contributed by atoms with Gasteiger partial charge in [0, 0.05) is 5.75 Å². The Hall–Kier alpha value is -0.480. The summed E-state index contributed by atoms with van der Waals surface area (Å²) in [5, 5.41) is 8.01. The van der Waals surface area contributed by atoms with Gasteiger partial charge in [-0.05, 0) is 0 Å². The summed E-state index contributed by atoms with van der Waals surface area (Å²) in [5.41, 5.74) is 4.94. The van der Waals surface area contributed by atoms with Gasteiger partial charge < -0.3 is 10.8 Å². The number of thiol groups is 1. The van der Waals surface area contributed by atoms with Crippen molar-refractivity contribution in [3.8, 4) is 0 Å². The SMILES string of the molecule is C=C.NC(CS)C(=O)O. The lowest BCUT2D eigenvalue weighted by molar-refractivity contribution is -0.137. The van der Waals surface area contributed by atoms with Crippen LogP contribution in [-0.4, -0.2) is 22.9 Å². The molecule has 54 valence electrons. The van der Waals surface area contributed by atoms with Crippen LogP contribution in [0.5, 0.6) is 0 Å². The van der Waals surface area contributed by atoms with E-state index < -0.39 is 12.0 Å². The van der Waals surface area contributed by atoms with Crippen LogP contribution in [0.3, 0.4) is 0 Å². The largest absolute Gasteiger partial charge is 0.480 e. The molecule has 0 fully saturated rings. The van der Waals surface area contributed by atoms with Crippen molar-refractivity contribution in [2.45, 2.75) is 6.04 Å². The molecule has 0 amide bonds. The first-order valence-electron chi connectivity index (χ1n) is 2.27. The monoisotopic (exact) mass is 149 g/mol. The maximum atomic E-state index is 9.76. The predicted molar refractivity (Wildman–Crippen MR) is 40.7 cm³/mol. The second kappa shape index (κ2) is 7.52. The first-order valence-corrected chi connectivity index (χ1v) is 2.91. The molecule has 3 N–H and O–H groups in total.